The second-order valence-electron chi connectivity index (χ2n) is 5.43. The van der Waals surface area contributed by atoms with E-state index in [0.29, 0.717) is 21.7 Å². The third-order valence-electron chi connectivity index (χ3n) is 3.72. The van der Waals surface area contributed by atoms with Crippen LogP contribution >= 0.6 is 11.6 Å². The molecule has 1 aromatic heterocycles. The van der Waals surface area contributed by atoms with Crippen molar-refractivity contribution < 1.29 is 23.5 Å². The SMILES string of the molecule is ONC(O)c1ccc(Cn2c(C(F)(F)F)nc3cc(Cl)ccc32)cc1. The van der Waals surface area contributed by atoms with Gasteiger partial charge in [-0.3, -0.25) is 0 Å². The molecule has 0 saturated carbocycles. The Morgan fingerprint density at radius 3 is 2.44 bits per heavy atom. The first-order chi connectivity index (χ1) is 11.8. The van der Waals surface area contributed by atoms with Gasteiger partial charge in [0.05, 0.1) is 11.0 Å². The van der Waals surface area contributed by atoms with E-state index in [9.17, 15) is 18.3 Å². The van der Waals surface area contributed by atoms with Crippen LogP contribution in [-0.4, -0.2) is 19.9 Å². The molecule has 132 valence electrons. The molecular formula is C16H13ClF3N3O2. The van der Waals surface area contributed by atoms with E-state index in [1.54, 1.807) is 17.6 Å². The van der Waals surface area contributed by atoms with E-state index >= 15 is 0 Å². The minimum absolute atomic E-state index is 0.0596. The summed E-state index contributed by atoms with van der Waals surface area (Å²) in [5.41, 5.74) is 3.12. The molecule has 0 radical (unpaired) electrons. The van der Waals surface area contributed by atoms with E-state index in [2.05, 4.69) is 4.98 Å². The predicted octanol–water partition coefficient (Wildman–Crippen LogP) is 3.73. The van der Waals surface area contributed by atoms with Crippen molar-refractivity contribution in [3.8, 4) is 0 Å². The number of fused-ring (bicyclic) bond motifs is 1. The number of hydrogen-bond acceptors (Lipinski definition) is 4. The lowest BCUT2D eigenvalue weighted by Gasteiger charge is -2.13. The second-order valence-corrected chi connectivity index (χ2v) is 5.86. The van der Waals surface area contributed by atoms with Gasteiger partial charge in [-0.2, -0.15) is 18.7 Å². The molecule has 3 N–H and O–H groups in total. The highest BCUT2D eigenvalue weighted by atomic mass is 35.5. The largest absolute Gasteiger partial charge is 0.449 e. The Bertz CT molecular complexity index is 894. The number of alkyl halides is 3. The zero-order valence-corrected chi connectivity index (χ0v) is 13.4. The van der Waals surface area contributed by atoms with Gasteiger partial charge in [-0.25, -0.2) is 4.98 Å². The molecule has 0 amide bonds. The number of aliphatic hydroxyl groups excluding tert-OH is 1. The Morgan fingerprint density at radius 2 is 1.84 bits per heavy atom. The van der Waals surface area contributed by atoms with Gasteiger partial charge in [-0.05, 0) is 29.3 Å². The summed E-state index contributed by atoms with van der Waals surface area (Å²) in [6, 6.07) is 10.5. The van der Waals surface area contributed by atoms with Gasteiger partial charge in [-0.1, -0.05) is 35.9 Å². The van der Waals surface area contributed by atoms with Crippen molar-refractivity contribution >= 4 is 22.6 Å². The fourth-order valence-corrected chi connectivity index (χ4v) is 2.71. The minimum Gasteiger partial charge on any atom is -0.372 e. The molecule has 1 unspecified atom stereocenters. The normalized spacial score (nSPS) is 13.4. The Morgan fingerprint density at radius 1 is 1.16 bits per heavy atom. The molecule has 0 saturated heterocycles. The number of imidazole rings is 1. The molecule has 9 heteroatoms. The van der Waals surface area contributed by atoms with Crippen LogP contribution in [0.5, 0.6) is 0 Å². The van der Waals surface area contributed by atoms with Crippen LogP contribution in [0.2, 0.25) is 5.02 Å². The molecule has 0 aliphatic heterocycles. The zero-order chi connectivity index (χ0) is 18.2. The van der Waals surface area contributed by atoms with Crippen LogP contribution in [0.25, 0.3) is 11.0 Å². The van der Waals surface area contributed by atoms with Crippen molar-refractivity contribution in [2.24, 2.45) is 0 Å². The van der Waals surface area contributed by atoms with E-state index in [4.69, 9.17) is 16.8 Å². The lowest BCUT2D eigenvalue weighted by atomic mass is 10.1. The van der Waals surface area contributed by atoms with Gasteiger partial charge in [0.1, 0.15) is 0 Å². The molecular weight excluding hydrogens is 359 g/mol. The van der Waals surface area contributed by atoms with Crippen LogP contribution in [-0.2, 0) is 12.7 Å². The molecule has 3 aromatic rings. The number of nitrogens with one attached hydrogen (secondary N) is 1. The maximum Gasteiger partial charge on any atom is 0.449 e. The monoisotopic (exact) mass is 371 g/mol. The van der Waals surface area contributed by atoms with Crippen molar-refractivity contribution in [3.05, 3.63) is 64.4 Å². The van der Waals surface area contributed by atoms with Gasteiger partial charge in [-0.15, -0.1) is 0 Å². The number of hydroxylamine groups is 1. The second kappa shape index (κ2) is 6.64. The van der Waals surface area contributed by atoms with E-state index in [0.717, 1.165) is 4.57 Å². The quantitative estimate of drug-likeness (QED) is 0.483. The van der Waals surface area contributed by atoms with Crippen molar-refractivity contribution in [1.82, 2.24) is 15.0 Å². The van der Waals surface area contributed by atoms with Crippen LogP contribution in [0.4, 0.5) is 13.2 Å². The van der Waals surface area contributed by atoms with Crippen LogP contribution in [0.1, 0.15) is 23.2 Å². The van der Waals surface area contributed by atoms with Crippen LogP contribution < -0.4 is 5.48 Å². The van der Waals surface area contributed by atoms with E-state index < -0.39 is 18.2 Å². The number of aromatic nitrogens is 2. The molecule has 0 spiro atoms. The van der Waals surface area contributed by atoms with Gasteiger partial charge < -0.3 is 14.9 Å². The first-order valence-corrected chi connectivity index (χ1v) is 7.57. The molecule has 5 nitrogen and oxygen atoms in total. The Hall–Kier alpha value is -2.13. The third-order valence-corrected chi connectivity index (χ3v) is 3.96. The highest BCUT2D eigenvalue weighted by Gasteiger charge is 2.37. The molecule has 0 bridgehead atoms. The summed E-state index contributed by atoms with van der Waals surface area (Å²) < 4.78 is 41.0. The summed E-state index contributed by atoms with van der Waals surface area (Å²) in [5, 5.41) is 18.4. The molecule has 2 aromatic carbocycles. The summed E-state index contributed by atoms with van der Waals surface area (Å²) in [5.74, 6) is -1.01. The van der Waals surface area contributed by atoms with Crippen molar-refractivity contribution in [1.29, 1.82) is 0 Å². The molecule has 0 aliphatic rings. The molecule has 3 rings (SSSR count). The highest BCUT2D eigenvalue weighted by Crippen LogP contribution is 2.33. The van der Waals surface area contributed by atoms with Gasteiger partial charge in [0, 0.05) is 11.6 Å². The van der Waals surface area contributed by atoms with Crippen molar-refractivity contribution in [2.75, 3.05) is 0 Å². The summed E-state index contributed by atoms with van der Waals surface area (Å²) in [6.45, 7) is -0.0596. The topological polar surface area (TPSA) is 70.3 Å². The molecule has 25 heavy (non-hydrogen) atoms. The lowest BCUT2D eigenvalue weighted by molar-refractivity contribution is -0.146. The van der Waals surface area contributed by atoms with Crippen LogP contribution in [0.3, 0.4) is 0 Å². The number of halogens is 4. The smallest absolute Gasteiger partial charge is 0.372 e. The molecule has 1 heterocycles. The maximum absolute atomic E-state index is 13.3. The number of benzene rings is 2. The first kappa shape index (κ1) is 17.7. The van der Waals surface area contributed by atoms with E-state index in [1.807, 2.05) is 0 Å². The zero-order valence-electron chi connectivity index (χ0n) is 12.6. The summed E-state index contributed by atoms with van der Waals surface area (Å²) in [4.78, 5) is 3.67. The van der Waals surface area contributed by atoms with Crippen molar-refractivity contribution in [3.63, 3.8) is 0 Å². The third kappa shape index (κ3) is 3.62. The van der Waals surface area contributed by atoms with Gasteiger partial charge in [0.25, 0.3) is 0 Å². The minimum atomic E-state index is -4.61. The standard InChI is InChI=1S/C16H13ClF3N3O2/c17-11-5-6-13-12(7-11)21-15(16(18,19)20)23(13)8-9-1-3-10(4-2-9)14(24)22-25/h1-7,14,22,24-25H,8H2. The fraction of sp³-hybridized carbons (Fsp3) is 0.188. The number of hydrogen-bond donors (Lipinski definition) is 3. The average molecular weight is 372 g/mol. The van der Waals surface area contributed by atoms with Gasteiger partial charge in [0.15, 0.2) is 6.23 Å². The molecule has 0 fully saturated rings. The fourth-order valence-electron chi connectivity index (χ4n) is 2.54. The van der Waals surface area contributed by atoms with Crippen LogP contribution in [0.15, 0.2) is 42.5 Å². The van der Waals surface area contributed by atoms with Crippen molar-refractivity contribution in [2.45, 2.75) is 18.9 Å². The summed E-state index contributed by atoms with van der Waals surface area (Å²) >= 11 is 5.83. The van der Waals surface area contributed by atoms with Gasteiger partial charge in [0.2, 0.25) is 5.82 Å². The van der Waals surface area contributed by atoms with E-state index in [-0.39, 0.29) is 12.1 Å². The first-order valence-electron chi connectivity index (χ1n) is 7.19. The average Bonchev–Trinajstić information content (AvgIpc) is 2.92. The molecule has 0 aliphatic carbocycles. The number of rotatable bonds is 4. The van der Waals surface area contributed by atoms with E-state index in [1.165, 1.54) is 30.3 Å². The van der Waals surface area contributed by atoms with Crippen LogP contribution in [0, 0.1) is 0 Å². The Kier molecular flexibility index (Phi) is 4.70. The number of nitrogens with zero attached hydrogens (tertiary/aromatic N) is 2. The lowest BCUT2D eigenvalue weighted by Crippen LogP contribution is -2.17. The summed E-state index contributed by atoms with van der Waals surface area (Å²) in [7, 11) is 0. The Labute approximate surface area is 145 Å². The maximum atomic E-state index is 13.3. The number of aliphatic hydroxyl groups is 1. The van der Waals surface area contributed by atoms with Gasteiger partial charge >= 0.3 is 6.18 Å². The summed E-state index contributed by atoms with van der Waals surface area (Å²) in [6.07, 6.45) is -5.88. The highest BCUT2D eigenvalue weighted by molar-refractivity contribution is 6.31. The molecule has 1 atom stereocenters. The Balaban J connectivity index is 2.02. The predicted molar refractivity (Wildman–Crippen MR) is 85.2 cm³/mol.